The van der Waals surface area contributed by atoms with Crippen molar-refractivity contribution in [2.24, 2.45) is 5.41 Å². The number of nitrogens with zero attached hydrogens (tertiary/aromatic N) is 1. The van der Waals surface area contributed by atoms with E-state index in [1.54, 1.807) is 19.2 Å². The third kappa shape index (κ3) is 4.31. The number of benzene rings is 2. The smallest absolute Gasteiger partial charge is 0.233 e. The van der Waals surface area contributed by atoms with Gasteiger partial charge in [-0.1, -0.05) is 12.1 Å². The van der Waals surface area contributed by atoms with Gasteiger partial charge in [0.15, 0.2) is 0 Å². The molecule has 0 atom stereocenters. The van der Waals surface area contributed by atoms with Crippen LogP contribution in [-0.4, -0.2) is 42.8 Å². The summed E-state index contributed by atoms with van der Waals surface area (Å²) in [6, 6.07) is 12.0. The van der Waals surface area contributed by atoms with E-state index in [1.165, 1.54) is 12.1 Å². The Morgan fingerprint density at radius 1 is 1.24 bits per heavy atom. The Balaban J connectivity index is 1.51. The van der Waals surface area contributed by atoms with Gasteiger partial charge in [-0.15, -0.1) is 0 Å². The van der Waals surface area contributed by atoms with Crippen molar-refractivity contribution < 1.29 is 18.7 Å². The van der Waals surface area contributed by atoms with E-state index in [1.807, 2.05) is 18.2 Å². The summed E-state index contributed by atoms with van der Waals surface area (Å²) >= 11 is 0. The van der Waals surface area contributed by atoms with E-state index in [0.717, 1.165) is 22.4 Å². The van der Waals surface area contributed by atoms with Crippen LogP contribution >= 0.6 is 0 Å². The first kappa shape index (κ1) is 19.5. The normalized spacial score (nSPS) is 16.1. The van der Waals surface area contributed by atoms with Crippen LogP contribution in [0.3, 0.4) is 0 Å². The van der Waals surface area contributed by atoms with Gasteiger partial charge in [0.25, 0.3) is 0 Å². The number of rotatable bonds is 6. The van der Waals surface area contributed by atoms with Crippen LogP contribution in [0.5, 0.6) is 0 Å². The van der Waals surface area contributed by atoms with Gasteiger partial charge in [-0.3, -0.25) is 4.79 Å². The minimum Gasteiger partial charge on any atom is -0.384 e. The zero-order chi connectivity index (χ0) is 20.3. The van der Waals surface area contributed by atoms with Crippen LogP contribution in [0.25, 0.3) is 11.0 Å². The highest BCUT2D eigenvalue weighted by molar-refractivity contribution is 5.97. The van der Waals surface area contributed by atoms with Crippen molar-refractivity contribution in [3.8, 4) is 0 Å². The fourth-order valence-corrected chi connectivity index (χ4v) is 3.76. The SMILES string of the molecule is COCC1(C(=O)Nc2ccc3nc(Cc4ccc(F)cc4)[nH]c3c2)CCOCC1. The molecule has 0 spiro atoms. The molecule has 4 rings (SSSR count). The lowest BCUT2D eigenvalue weighted by Gasteiger charge is -2.35. The minimum absolute atomic E-state index is 0.0481. The molecule has 1 fully saturated rings. The number of fused-ring (bicyclic) bond motifs is 1. The van der Waals surface area contributed by atoms with Crippen molar-refractivity contribution in [2.75, 3.05) is 32.2 Å². The predicted octanol–water partition coefficient (Wildman–Crippen LogP) is 3.67. The maximum atomic E-state index is 13.1. The molecule has 1 amide bonds. The molecular formula is C22H24FN3O3. The second-order valence-corrected chi connectivity index (χ2v) is 7.50. The molecule has 2 N–H and O–H groups in total. The Hall–Kier alpha value is -2.77. The average Bonchev–Trinajstić information content (AvgIpc) is 3.12. The number of methoxy groups -OCH3 is 1. The van der Waals surface area contributed by atoms with Crippen LogP contribution in [0, 0.1) is 11.2 Å². The molecule has 0 unspecified atom stereocenters. The molecular weight excluding hydrogens is 373 g/mol. The van der Waals surface area contributed by atoms with E-state index >= 15 is 0 Å². The molecule has 0 saturated carbocycles. The molecule has 0 aliphatic carbocycles. The topological polar surface area (TPSA) is 76.2 Å². The van der Waals surface area contributed by atoms with Crippen molar-refractivity contribution in [2.45, 2.75) is 19.3 Å². The molecule has 2 aromatic carbocycles. The zero-order valence-electron chi connectivity index (χ0n) is 16.3. The van der Waals surface area contributed by atoms with E-state index < -0.39 is 5.41 Å². The number of ether oxygens (including phenoxy) is 2. The summed E-state index contributed by atoms with van der Waals surface area (Å²) in [5.41, 5.74) is 2.77. The Kier molecular flexibility index (Phi) is 5.60. The van der Waals surface area contributed by atoms with Gasteiger partial charge in [-0.2, -0.15) is 0 Å². The molecule has 152 valence electrons. The summed E-state index contributed by atoms with van der Waals surface area (Å²) in [4.78, 5) is 20.9. The van der Waals surface area contributed by atoms with E-state index in [0.29, 0.717) is 44.8 Å². The van der Waals surface area contributed by atoms with Crippen LogP contribution in [-0.2, 0) is 20.7 Å². The van der Waals surface area contributed by atoms with Crippen LogP contribution in [0.4, 0.5) is 10.1 Å². The van der Waals surface area contributed by atoms with Gasteiger partial charge in [-0.25, -0.2) is 9.37 Å². The molecule has 0 bridgehead atoms. The summed E-state index contributed by atoms with van der Waals surface area (Å²) in [7, 11) is 1.61. The number of carbonyl (C=O) groups is 1. The molecule has 0 radical (unpaired) electrons. The maximum absolute atomic E-state index is 13.1. The number of anilines is 1. The van der Waals surface area contributed by atoms with Gasteiger partial charge in [0.05, 0.1) is 23.1 Å². The van der Waals surface area contributed by atoms with Gasteiger partial charge in [0.1, 0.15) is 11.6 Å². The van der Waals surface area contributed by atoms with Crippen molar-refractivity contribution in [3.63, 3.8) is 0 Å². The fraction of sp³-hybridized carbons (Fsp3) is 0.364. The van der Waals surface area contributed by atoms with Crippen molar-refractivity contribution >= 4 is 22.6 Å². The number of nitrogens with one attached hydrogen (secondary N) is 2. The summed E-state index contributed by atoms with van der Waals surface area (Å²) in [5.74, 6) is 0.484. The van der Waals surface area contributed by atoms with E-state index in [9.17, 15) is 9.18 Å². The molecule has 1 aromatic heterocycles. The van der Waals surface area contributed by atoms with Gasteiger partial charge in [0.2, 0.25) is 5.91 Å². The first-order valence-corrected chi connectivity index (χ1v) is 9.69. The number of hydrogen-bond acceptors (Lipinski definition) is 4. The molecule has 1 aliphatic heterocycles. The minimum atomic E-state index is -0.566. The Bertz CT molecular complexity index is 989. The molecule has 1 saturated heterocycles. The van der Waals surface area contributed by atoms with Crippen molar-refractivity contribution in [1.29, 1.82) is 0 Å². The second kappa shape index (κ2) is 8.31. The highest BCUT2D eigenvalue weighted by Gasteiger charge is 2.40. The average molecular weight is 397 g/mol. The van der Waals surface area contributed by atoms with Crippen LogP contribution < -0.4 is 5.32 Å². The first-order valence-electron chi connectivity index (χ1n) is 9.69. The van der Waals surface area contributed by atoms with Crippen LogP contribution in [0.2, 0.25) is 0 Å². The molecule has 3 aromatic rings. The lowest BCUT2D eigenvalue weighted by molar-refractivity contribution is -0.135. The Morgan fingerprint density at radius 3 is 2.72 bits per heavy atom. The summed E-state index contributed by atoms with van der Waals surface area (Å²) in [5, 5.41) is 3.03. The summed E-state index contributed by atoms with van der Waals surface area (Å²) in [6.07, 6.45) is 1.86. The lowest BCUT2D eigenvalue weighted by Crippen LogP contribution is -2.44. The number of H-pyrrole nitrogens is 1. The van der Waals surface area contributed by atoms with Crippen molar-refractivity contribution in [3.05, 3.63) is 59.7 Å². The molecule has 29 heavy (non-hydrogen) atoms. The number of carbonyl (C=O) groups excluding carboxylic acids is 1. The van der Waals surface area contributed by atoms with Gasteiger partial charge in [0, 0.05) is 32.4 Å². The van der Waals surface area contributed by atoms with Gasteiger partial charge < -0.3 is 19.8 Å². The van der Waals surface area contributed by atoms with Crippen LogP contribution in [0.1, 0.15) is 24.2 Å². The Morgan fingerprint density at radius 2 is 2.00 bits per heavy atom. The highest BCUT2D eigenvalue weighted by Crippen LogP contribution is 2.32. The summed E-state index contributed by atoms with van der Waals surface area (Å²) in [6.45, 7) is 1.49. The first-order chi connectivity index (χ1) is 14.1. The lowest BCUT2D eigenvalue weighted by atomic mass is 9.80. The number of imidazole rings is 1. The molecule has 7 heteroatoms. The van der Waals surface area contributed by atoms with E-state index in [-0.39, 0.29) is 11.7 Å². The van der Waals surface area contributed by atoms with Gasteiger partial charge in [-0.05, 0) is 48.7 Å². The third-order valence-corrected chi connectivity index (χ3v) is 5.43. The highest BCUT2D eigenvalue weighted by atomic mass is 19.1. The molecule has 1 aliphatic rings. The molecule has 2 heterocycles. The second-order valence-electron chi connectivity index (χ2n) is 7.50. The van der Waals surface area contributed by atoms with Crippen LogP contribution in [0.15, 0.2) is 42.5 Å². The van der Waals surface area contributed by atoms with Gasteiger partial charge >= 0.3 is 0 Å². The molecule has 6 nitrogen and oxygen atoms in total. The number of hydrogen-bond donors (Lipinski definition) is 2. The Labute approximate surface area is 168 Å². The maximum Gasteiger partial charge on any atom is 0.233 e. The van der Waals surface area contributed by atoms with Crippen molar-refractivity contribution in [1.82, 2.24) is 9.97 Å². The number of halogens is 1. The zero-order valence-corrected chi connectivity index (χ0v) is 16.3. The van der Waals surface area contributed by atoms with E-state index in [4.69, 9.17) is 9.47 Å². The van der Waals surface area contributed by atoms with E-state index in [2.05, 4.69) is 15.3 Å². The predicted molar refractivity (Wildman–Crippen MR) is 108 cm³/mol. The number of aromatic nitrogens is 2. The number of aromatic amines is 1. The number of amides is 1. The monoisotopic (exact) mass is 397 g/mol. The largest absolute Gasteiger partial charge is 0.384 e. The quantitative estimate of drug-likeness (QED) is 0.665. The third-order valence-electron chi connectivity index (χ3n) is 5.43. The standard InChI is InChI=1S/C22H24FN3O3/c1-28-14-22(8-10-29-11-9-22)21(27)24-17-6-7-18-19(13-17)26-20(25-18)12-15-2-4-16(23)5-3-15/h2-7,13H,8-12,14H2,1H3,(H,24,27)(H,25,26). The summed E-state index contributed by atoms with van der Waals surface area (Å²) < 4.78 is 23.8. The fourth-order valence-electron chi connectivity index (χ4n) is 3.76.